The molecule has 0 bridgehead atoms. The Labute approximate surface area is 130 Å². The summed E-state index contributed by atoms with van der Waals surface area (Å²) in [6, 6.07) is 3.62. The predicted octanol–water partition coefficient (Wildman–Crippen LogP) is 3.98. The van der Waals surface area contributed by atoms with Crippen molar-refractivity contribution in [3.8, 4) is 11.4 Å². The first-order valence-corrected chi connectivity index (χ1v) is 7.45. The Morgan fingerprint density at radius 1 is 0.773 bits per heavy atom. The maximum Gasteiger partial charge on any atom is 0.116 e. The smallest absolute Gasteiger partial charge is 0.116 e. The van der Waals surface area contributed by atoms with E-state index in [0.29, 0.717) is 5.75 Å². The van der Waals surface area contributed by atoms with Crippen LogP contribution >= 0.6 is 0 Å². The van der Waals surface area contributed by atoms with E-state index in [1.165, 1.54) is 22.2 Å². The molecule has 0 radical (unpaired) electrons. The van der Waals surface area contributed by atoms with Crippen LogP contribution in [0.1, 0.15) is 33.9 Å². The Kier molecular flexibility index (Phi) is 3.20. The summed E-state index contributed by atoms with van der Waals surface area (Å²) < 4.78 is 2.26. The van der Waals surface area contributed by atoms with Crippen molar-refractivity contribution in [2.24, 2.45) is 0 Å². The number of aryl methyl sites for hydroxylation is 6. The molecule has 22 heavy (non-hydrogen) atoms. The first-order valence-electron chi connectivity index (χ1n) is 7.45. The molecule has 0 aliphatic carbocycles. The van der Waals surface area contributed by atoms with Gasteiger partial charge in [0.25, 0.3) is 0 Å². The standard InChI is InChI=1S/C18H21N3O/c1-9-7-15(22)8-10(2)18(9)21-13(5)16-11(3)19-20-12(4)17(16)14(21)6/h7-8,22H,1-6H3. The van der Waals surface area contributed by atoms with E-state index in [0.717, 1.165) is 28.2 Å². The van der Waals surface area contributed by atoms with Crippen LogP contribution in [0.5, 0.6) is 5.75 Å². The maximum absolute atomic E-state index is 9.80. The third-order valence-electron chi connectivity index (χ3n) is 4.42. The highest BCUT2D eigenvalue weighted by molar-refractivity contribution is 5.92. The fourth-order valence-corrected chi connectivity index (χ4v) is 3.59. The highest BCUT2D eigenvalue weighted by atomic mass is 16.3. The summed E-state index contributed by atoms with van der Waals surface area (Å²) in [6.07, 6.45) is 0. The van der Waals surface area contributed by atoms with Crippen LogP contribution in [0, 0.1) is 41.5 Å². The lowest BCUT2D eigenvalue weighted by Gasteiger charge is -2.16. The Bertz CT molecular complexity index is 839. The topological polar surface area (TPSA) is 50.9 Å². The number of benzene rings is 1. The van der Waals surface area contributed by atoms with Gasteiger partial charge in [0.2, 0.25) is 0 Å². The molecule has 0 atom stereocenters. The van der Waals surface area contributed by atoms with Gasteiger partial charge in [0.05, 0.1) is 17.1 Å². The van der Waals surface area contributed by atoms with Crippen LogP contribution < -0.4 is 0 Å². The first kappa shape index (κ1) is 14.6. The summed E-state index contributed by atoms with van der Waals surface area (Å²) in [4.78, 5) is 0. The summed E-state index contributed by atoms with van der Waals surface area (Å²) in [5.74, 6) is 0.307. The summed E-state index contributed by atoms with van der Waals surface area (Å²) in [6.45, 7) is 12.3. The van der Waals surface area contributed by atoms with Gasteiger partial charge in [-0.25, -0.2) is 0 Å². The fourth-order valence-electron chi connectivity index (χ4n) is 3.59. The molecule has 0 saturated carbocycles. The maximum atomic E-state index is 9.80. The second-order valence-electron chi connectivity index (χ2n) is 6.06. The molecular formula is C18H21N3O. The summed E-state index contributed by atoms with van der Waals surface area (Å²) >= 11 is 0. The van der Waals surface area contributed by atoms with Crippen LogP contribution in [-0.2, 0) is 0 Å². The van der Waals surface area contributed by atoms with E-state index in [2.05, 4.69) is 28.6 Å². The van der Waals surface area contributed by atoms with Crippen molar-refractivity contribution in [3.05, 3.63) is 46.0 Å². The van der Waals surface area contributed by atoms with Gasteiger partial charge in [-0.1, -0.05) is 0 Å². The Morgan fingerprint density at radius 2 is 1.18 bits per heavy atom. The van der Waals surface area contributed by atoms with E-state index < -0.39 is 0 Å². The SMILES string of the molecule is Cc1cc(O)cc(C)c1-n1c(C)c2c(C)nnc(C)c2c1C. The molecule has 0 aliphatic heterocycles. The van der Waals surface area contributed by atoms with E-state index in [1.54, 1.807) is 0 Å². The highest BCUT2D eigenvalue weighted by Crippen LogP contribution is 2.34. The number of hydrogen-bond acceptors (Lipinski definition) is 3. The monoisotopic (exact) mass is 295 g/mol. The molecular weight excluding hydrogens is 274 g/mol. The molecule has 4 heteroatoms. The molecule has 2 heterocycles. The Hall–Kier alpha value is -2.36. The lowest BCUT2D eigenvalue weighted by atomic mass is 10.1. The predicted molar refractivity (Wildman–Crippen MR) is 89.0 cm³/mol. The summed E-state index contributed by atoms with van der Waals surface area (Å²) in [5, 5.41) is 20.7. The number of phenolic OH excluding ortho intramolecular Hbond substituents is 1. The molecule has 0 amide bonds. The van der Waals surface area contributed by atoms with Gasteiger partial charge < -0.3 is 9.67 Å². The van der Waals surface area contributed by atoms with E-state index in [9.17, 15) is 5.11 Å². The van der Waals surface area contributed by atoms with Crippen molar-refractivity contribution in [1.29, 1.82) is 0 Å². The normalized spacial score (nSPS) is 11.4. The van der Waals surface area contributed by atoms with Crippen LogP contribution in [0.25, 0.3) is 16.5 Å². The van der Waals surface area contributed by atoms with Gasteiger partial charge in [0.15, 0.2) is 0 Å². The molecule has 2 aromatic heterocycles. The molecule has 0 saturated heterocycles. The zero-order valence-electron chi connectivity index (χ0n) is 13.9. The molecule has 114 valence electrons. The number of fused-ring (bicyclic) bond motifs is 1. The van der Waals surface area contributed by atoms with Gasteiger partial charge in [-0.05, 0) is 64.8 Å². The average Bonchev–Trinajstić information content (AvgIpc) is 2.68. The molecule has 4 nitrogen and oxygen atoms in total. The minimum atomic E-state index is 0.307. The lowest BCUT2D eigenvalue weighted by Crippen LogP contribution is -2.04. The van der Waals surface area contributed by atoms with Crippen molar-refractivity contribution < 1.29 is 5.11 Å². The molecule has 0 unspecified atom stereocenters. The molecule has 0 aliphatic rings. The minimum absolute atomic E-state index is 0.307. The van der Waals surface area contributed by atoms with E-state index >= 15 is 0 Å². The molecule has 3 aromatic rings. The molecule has 1 N–H and O–H groups in total. The zero-order valence-corrected chi connectivity index (χ0v) is 13.9. The third kappa shape index (κ3) is 1.90. The van der Waals surface area contributed by atoms with Crippen LogP contribution in [0.15, 0.2) is 12.1 Å². The second kappa shape index (κ2) is 4.83. The molecule has 0 fully saturated rings. The van der Waals surface area contributed by atoms with E-state index in [-0.39, 0.29) is 0 Å². The van der Waals surface area contributed by atoms with Gasteiger partial charge in [-0.15, -0.1) is 0 Å². The van der Waals surface area contributed by atoms with Gasteiger partial charge >= 0.3 is 0 Å². The minimum Gasteiger partial charge on any atom is -0.508 e. The van der Waals surface area contributed by atoms with Gasteiger partial charge in [0.1, 0.15) is 5.75 Å². The number of phenols is 1. The van der Waals surface area contributed by atoms with Crippen molar-refractivity contribution >= 4 is 10.8 Å². The summed E-state index contributed by atoms with van der Waals surface area (Å²) in [7, 11) is 0. The second-order valence-corrected chi connectivity index (χ2v) is 6.06. The van der Waals surface area contributed by atoms with Crippen LogP contribution in [0.2, 0.25) is 0 Å². The number of aromatic nitrogens is 3. The highest BCUT2D eigenvalue weighted by Gasteiger charge is 2.19. The van der Waals surface area contributed by atoms with Gasteiger partial charge in [0, 0.05) is 22.2 Å². The quantitative estimate of drug-likeness (QED) is 0.739. The molecule has 0 spiro atoms. The zero-order chi connectivity index (χ0) is 16.2. The number of nitrogens with zero attached hydrogens (tertiary/aromatic N) is 3. The number of rotatable bonds is 1. The van der Waals surface area contributed by atoms with Crippen molar-refractivity contribution in [2.75, 3.05) is 0 Å². The van der Waals surface area contributed by atoms with E-state index in [4.69, 9.17) is 0 Å². The first-order chi connectivity index (χ1) is 10.3. The van der Waals surface area contributed by atoms with Crippen LogP contribution in [-0.4, -0.2) is 19.9 Å². The lowest BCUT2D eigenvalue weighted by molar-refractivity contribution is 0.474. The van der Waals surface area contributed by atoms with Crippen molar-refractivity contribution in [3.63, 3.8) is 0 Å². The average molecular weight is 295 g/mol. The molecule has 1 aromatic carbocycles. The van der Waals surface area contributed by atoms with Crippen LogP contribution in [0.4, 0.5) is 0 Å². The Morgan fingerprint density at radius 3 is 1.59 bits per heavy atom. The third-order valence-corrected chi connectivity index (χ3v) is 4.42. The van der Waals surface area contributed by atoms with Gasteiger partial charge in [-0.2, -0.15) is 10.2 Å². The van der Waals surface area contributed by atoms with E-state index in [1.807, 2.05) is 39.8 Å². The van der Waals surface area contributed by atoms with Gasteiger partial charge in [-0.3, -0.25) is 0 Å². The largest absolute Gasteiger partial charge is 0.508 e. The Balaban J connectivity index is 2.49. The van der Waals surface area contributed by atoms with Crippen LogP contribution in [0.3, 0.4) is 0 Å². The fraction of sp³-hybridized carbons (Fsp3) is 0.333. The number of aromatic hydroxyl groups is 1. The number of hydrogen-bond donors (Lipinski definition) is 1. The van der Waals surface area contributed by atoms with Crippen molar-refractivity contribution in [1.82, 2.24) is 14.8 Å². The summed E-state index contributed by atoms with van der Waals surface area (Å²) in [5.41, 5.74) is 7.48. The van der Waals surface area contributed by atoms with Crippen molar-refractivity contribution in [2.45, 2.75) is 41.5 Å². The molecule has 3 rings (SSSR count).